The lowest BCUT2D eigenvalue weighted by molar-refractivity contribution is -0.141. The van der Waals surface area contributed by atoms with Crippen molar-refractivity contribution in [2.24, 2.45) is 17.8 Å². The number of hydrogen-bond donors (Lipinski definition) is 1. The summed E-state index contributed by atoms with van der Waals surface area (Å²) in [4.78, 5) is 30.8. The lowest BCUT2D eigenvalue weighted by atomic mass is 9.73. The summed E-state index contributed by atoms with van der Waals surface area (Å²) in [5.41, 5.74) is 0.377. The molecular weight excluding hydrogens is 493 g/mol. The Morgan fingerprint density at radius 3 is 2.36 bits per heavy atom. The highest BCUT2D eigenvalue weighted by Gasteiger charge is 2.36. The van der Waals surface area contributed by atoms with E-state index in [1.807, 2.05) is 32.7 Å². The van der Waals surface area contributed by atoms with Crippen molar-refractivity contribution in [3.63, 3.8) is 0 Å². The van der Waals surface area contributed by atoms with Gasteiger partial charge in [-0.1, -0.05) is 28.7 Å². The van der Waals surface area contributed by atoms with Gasteiger partial charge in [0.1, 0.15) is 17.6 Å². The van der Waals surface area contributed by atoms with E-state index in [1.54, 1.807) is 0 Å². The molecule has 36 heavy (non-hydrogen) atoms. The van der Waals surface area contributed by atoms with Gasteiger partial charge in [-0.2, -0.15) is 26.7 Å². The number of fused-ring (bicyclic) bond motifs is 1. The fourth-order valence-electron chi connectivity index (χ4n) is 4.54. The molecule has 1 amide bonds. The van der Waals surface area contributed by atoms with Crippen LogP contribution in [0.25, 0.3) is 0 Å². The van der Waals surface area contributed by atoms with Crippen molar-refractivity contribution in [1.29, 1.82) is 0 Å². The Bertz CT molecular complexity index is 1030. The van der Waals surface area contributed by atoms with E-state index in [0.29, 0.717) is 30.3 Å². The average molecular weight is 531 g/mol. The number of rotatable bonds is 6. The molecule has 1 saturated carbocycles. The largest absolute Gasteiger partial charge is 0.476 e. The molecule has 4 rings (SSSR count). The Morgan fingerprint density at radius 1 is 1.14 bits per heavy atom. The minimum Gasteiger partial charge on any atom is -0.476 e. The molecule has 0 bridgehead atoms. The number of amides is 1. The van der Waals surface area contributed by atoms with Gasteiger partial charge < -0.3 is 15.0 Å². The Hall–Kier alpha value is -2.63. The molecule has 2 aromatic heterocycles. The molecule has 1 fully saturated rings. The number of carbonyl (C=O) groups excluding carboxylic acids is 1. The lowest BCUT2D eigenvalue weighted by Crippen LogP contribution is -2.49. The van der Waals surface area contributed by atoms with Crippen LogP contribution in [0.15, 0.2) is 12.4 Å². The summed E-state index contributed by atoms with van der Waals surface area (Å²) >= 11 is 0. The van der Waals surface area contributed by atoms with Crippen LogP contribution >= 0.6 is 13.5 Å². The van der Waals surface area contributed by atoms with Gasteiger partial charge in [-0.05, 0) is 37.5 Å². The SMILES string of the molecule is C.C.Cc1nc(CC2CC(COc3cnc(C(F)(F)F)cn3)C2)nc2c1NC(=O)[C@H](C(C)C)N2C.S. The molecule has 0 unspecified atom stereocenters. The van der Waals surface area contributed by atoms with E-state index in [0.717, 1.165) is 42.8 Å². The van der Waals surface area contributed by atoms with Crippen LogP contribution in [0.5, 0.6) is 5.88 Å². The van der Waals surface area contributed by atoms with E-state index < -0.39 is 11.9 Å². The number of alkyl halides is 3. The number of carbonyl (C=O) groups is 1. The van der Waals surface area contributed by atoms with Gasteiger partial charge in [-0.15, -0.1) is 0 Å². The summed E-state index contributed by atoms with van der Waals surface area (Å²) in [5, 5.41) is 2.95. The van der Waals surface area contributed by atoms with Crippen LogP contribution in [0, 0.1) is 24.7 Å². The highest BCUT2D eigenvalue weighted by molar-refractivity contribution is 7.59. The van der Waals surface area contributed by atoms with Crippen molar-refractivity contribution in [2.45, 2.75) is 67.1 Å². The third-order valence-corrected chi connectivity index (χ3v) is 6.21. The maximum atomic E-state index is 12.6. The third-order valence-electron chi connectivity index (χ3n) is 6.21. The van der Waals surface area contributed by atoms with Gasteiger partial charge in [0.25, 0.3) is 0 Å². The quantitative estimate of drug-likeness (QED) is 0.559. The van der Waals surface area contributed by atoms with Crippen LogP contribution in [0.4, 0.5) is 24.7 Å². The zero-order chi connectivity index (χ0) is 23.9. The molecule has 0 radical (unpaired) electrons. The first kappa shape index (κ1) is 31.4. The Labute approximate surface area is 217 Å². The summed E-state index contributed by atoms with van der Waals surface area (Å²) in [5.74, 6) is 2.38. The van der Waals surface area contributed by atoms with Gasteiger partial charge in [0.15, 0.2) is 11.5 Å². The minimum absolute atomic E-state index is 0. The highest BCUT2D eigenvalue weighted by Crippen LogP contribution is 2.38. The second kappa shape index (κ2) is 12.1. The van der Waals surface area contributed by atoms with Gasteiger partial charge in [-0.3, -0.25) is 4.79 Å². The van der Waals surface area contributed by atoms with Crippen LogP contribution in [0.3, 0.4) is 0 Å². The van der Waals surface area contributed by atoms with Crippen molar-refractivity contribution < 1.29 is 22.7 Å². The molecule has 0 aromatic carbocycles. The number of likely N-dealkylation sites (N-methyl/N-ethyl adjacent to an activating group) is 1. The van der Waals surface area contributed by atoms with Crippen molar-refractivity contribution in [3.05, 3.63) is 29.6 Å². The predicted octanol–water partition coefficient (Wildman–Crippen LogP) is 5.04. The van der Waals surface area contributed by atoms with Crippen molar-refractivity contribution >= 4 is 30.9 Å². The molecule has 2 aromatic rings. The molecule has 2 aliphatic rings. The number of aromatic nitrogens is 4. The topological polar surface area (TPSA) is 93.1 Å². The number of nitrogens with zero attached hydrogens (tertiary/aromatic N) is 5. The van der Waals surface area contributed by atoms with Gasteiger partial charge in [-0.25, -0.2) is 19.9 Å². The zero-order valence-electron chi connectivity index (χ0n) is 19.5. The normalized spacial score (nSPS) is 20.7. The molecule has 0 saturated heterocycles. The first-order valence-electron chi connectivity index (χ1n) is 11.0. The van der Waals surface area contributed by atoms with Crippen molar-refractivity contribution in [2.75, 3.05) is 23.9 Å². The van der Waals surface area contributed by atoms with Crippen LogP contribution in [0.1, 0.15) is 58.8 Å². The smallest absolute Gasteiger partial charge is 0.434 e. The molecule has 3 heterocycles. The average Bonchev–Trinajstić information content (AvgIpc) is 2.70. The fourth-order valence-corrected chi connectivity index (χ4v) is 4.54. The molecule has 1 atom stereocenters. The van der Waals surface area contributed by atoms with Gasteiger partial charge in [0.05, 0.1) is 24.7 Å². The minimum atomic E-state index is -4.51. The van der Waals surface area contributed by atoms with Gasteiger partial charge in [0.2, 0.25) is 11.8 Å². The number of anilines is 2. The van der Waals surface area contributed by atoms with E-state index in [2.05, 4.69) is 20.3 Å². The number of hydrogen-bond acceptors (Lipinski definition) is 7. The molecule has 202 valence electrons. The predicted molar refractivity (Wildman–Crippen MR) is 139 cm³/mol. The van der Waals surface area contributed by atoms with E-state index in [4.69, 9.17) is 9.72 Å². The molecule has 0 spiro atoms. The Balaban J connectivity index is 0.00000216. The van der Waals surface area contributed by atoms with E-state index >= 15 is 0 Å². The Kier molecular flexibility index (Phi) is 10.5. The summed E-state index contributed by atoms with van der Waals surface area (Å²) < 4.78 is 43.2. The van der Waals surface area contributed by atoms with Gasteiger partial charge >= 0.3 is 6.18 Å². The zero-order valence-corrected chi connectivity index (χ0v) is 20.5. The molecule has 12 heteroatoms. The number of ether oxygens (including phenoxy) is 1. The highest BCUT2D eigenvalue weighted by atomic mass is 32.1. The van der Waals surface area contributed by atoms with E-state index in [9.17, 15) is 18.0 Å². The van der Waals surface area contributed by atoms with E-state index in [-0.39, 0.29) is 52.1 Å². The summed E-state index contributed by atoms with van der Waals surface area (Å²) in [7, 11) is 1.89. The maximum Gasteiger partial charge on any atom is 0.434 e. The second-order valence-electron chi connectivity index (χ2n) is 9.17. The standard InChI is InChI=1S/C22H27F3N6O2.2CH4.H2S/c1-11(2)19-21(32)30-18-12(3)28-16(29-20(18)31(19)4)7-13-5-14(6-13)10-33-17-9-26-15(8-27-17)22(23,24)25;;;/h8-9,11,13-14,19H,5-7,10H2,1-4H3,(H,30,32);2*1H4;1H2/t13?,14?,19-;;;/m0.../s1. The van der Waals surface area contributed by atoms with Crippen molar-refractivity contribution in [3.8, 4) is 5.88 Å². The van der Waals surface area contributed by atoms with Crippen LogP contribution in [-0.4, -0.2) is 45.5 Å². The maximum absolute atomic E-state index is 12.6. The van der Waals surface area contributed by atoms with Crippen molar-refractivity contribution in [1.82, 2.24) is 19.9 Å². The number of nitrogens with one attached hydrogen (secondary N) is 1. The fraction of sp³-hybridized carbons (Fsp3) is 0.625. The number of aryl methyl sites for hydroxylation is 1. The summed E-state index contributed by atoms with van der Waals surface area (Å²) in [6.45, 7) is 6.27. The molecule has 1 aliphatic carbocycles. The first-order valence-corrected chi connectivity index (χ1v) is 11.0. The lowest BCUT2D eigenvalue weighted by Gasteiger charge is -2.37. The van der Waals surface area contributed by atoms with Crippen LogP contribution in [0.2, 0.25) is 0 Å². The third kappa shape index (κ3) is 6.57. The van der Waals surface area contributed by atoms with Gasteiger partial charge in [0, 0.05) is 13.5 Å². The molecular formula is C24H37F3N6O2S. The monoisotopic (exact) mass is 530 g/mol. The summed E-state index contributed by atoms with van der Waals surface area (Å²) in [6, 6.07) is -0.279. The van der Waals surface area contributed by atoms with Crippen LogP contribution < -0.4 is 15.0 Å². The molecule has 8 nitrogen and oxygen atoms in total. The Morgan fingerprint density at radius 2 is 1.81 bits per heavy atom. The first-order chi connectivity index (χ1) is 15.5. The second-order valence-corrected chi connectivity index (χ2v) is 9.17. The number of halogens is 3. The summed E-state index contributed by atoms with van der Waals surface area (Å²) in [6.07, 6.45) is -0.289. The molecule has 1 N–H and O–H groups in total. The van der Waals surface area contributed by atoms with Crippen LogP contribution in [-0.2, 0) is 17.4 Å². The molecule has 1 aliphatic heterocycles. The van der Waals surface area contributed by atoms with E-state index in [1.165, 1.54) is 0 Å².